The minimum absolute atomic E-state index is 0.312. The molecule has 0 spiro atoms. The summed E-state index contributed by atoms with van der Waals surface area (Å²) in [7, 11) is 1.84. The first-order chi connectivity index (χ1) is 11.4. The van der Waals surface area contributed by atoms with Gasteiger partial charge in [0.05, 0.1) is 12.7 Å². The summed E-state index contributed by atoms with van der Waals surface area (Å²) in [6, 6.07) is 0. The van der Waals surface area contributed by atoms with Gasteiger partial charge in [-0.2, -0.15) is 0 Å². The average molecular weight is 325 g/mol. The molecule has 1 aliphatic carbocycles. The lowest BCUT2D eigenvalue weighted by Gasteiger charge is -2.21. The van der Waals surface area contributed by atoms with Crippen LogP contribution in [0.15, 0.2) is 4.99 Å². The minimum Gasteiger partial charge on any atom is -0.379 e. The molecule has 0 aromatic rings. The van der Waals surface area contributed by atoms with Crippen LogP contribution in [0, 0.1) is 5.92 Å². The second-order valence-corrected chi connectivity index (χ2v) is 6.78. The molecular weight excluding hydrogens is 290 g/mol. The Morgan fingerprint density at radius 2 is 1.87 bits per heavy atom. The number of nitrogens with one attached hydrogen (secondary N) is 2. The van der Waals surface area contributed by atoms with Crippen LogP contribution in [0.2, 0.25) is 0 Å². The first-order valence-corrected chi connectivity index (χ1v) is 9.52. The van der Waals surface area contributed by atoms with Crippen molar-refractivity contribution in [2.45, 2.75) is 63.9 Å². The molecule has 1 aliphatic heterocycles. The van der Waals surface area contributed by atoms with Gasteiger partial charge in [-0.1, -0.05) is 32.1 Å². The summed E-state index contributed by atoms with van der Waals surface area (Å²) >= 11 is 0. The van der Waals surface area contributed by atoms with Crippen LogP contribution in [0.1, 0.15) is 57.8 Å². The molecule has 1 unspecified atom stereocenters. The molecule has 1 heterocycles. The number of hydrogen-bond acceptors (Lipinski definition) is 3. The molecule has 2 fully saturated rings. The molecule has 5 heteroatoms. The van der Waals surface area contributed by atoms with Gasteiger partial charge < -0.3 is 20.1 Å². The van der Waals surface area contributed by atoms with Crippen LogP contribution < -0.4 is 10.6 Å². The molecule has 5 nitrogen and oxygen atoms in total. The molecule has 0 bridgehead atoms. The lowest BCUT2D eigenvalue weighted by molar-refractivity contribution is 0.0420. The van der Waals surface area contributed by atoms with E-state index in [0.717, 1.165) is 57.6 Å². The molecule has 0 radical (unpaired) electrons. The summed E-state index contributed by atoms with van der Waals surface area (Å²) in [6.07, 6.45) is 12.2. The molecule has 134 valence electrons. The third-order valence-electron chi connectivity index (χ3n) is 4.88. The van der Waals surface area contributed by atoms with Crippen LogP contribution in [0.4, 0.5) is 0 Å². The van der Waals surface area contributed by atoms with Crippen molar-refractivity contribution in [2.75, 3.05) is 40.0 Å². The second-order valence-electron chi connectivity index (χ2n) is 6.78. The fraction of sp³-hybridized carbons (Fsp3) is 0.944. The number of guanidine groups is 1. The van der Waals surface area contributed by atoms with E-state index in [1.807, 2.05) is 7.05 Å². The average Bonchev–Trinajstić information content (AvgIpc) is 3.11. The summed E-state index contributed by atoms with van der Waals surface area (Å²) in [5.74, 6) is 1.88. The Hall–Kier alpha value is -0.810. The van der Waals surface area contributed by atoms with Gasteiger partial charge in [-0.05, 0) is 31.6 Å². The minimum atomic E-state index is 0.312. The Labute approximate surface area is 141 Å². The van der Waals surface area contributed by atoms with Crippen LogP contribution in [0.3, 0.4) is 0 Å². The van der Waals surface area contributed by atoms with Gasteiger partial charge in [-0.3, -0.25) is 4.99 Å². The summed E-state index contributed by atoms with van der Waals surface area (Å²) in [5, 5.41) is 6.78. The number of rotatable bonds is 9. The van der Waals surface area contributed by atoms with Crippen molar-refractivity contribution in [2.24, 2.45) is 10.9 Å². The molecule has 1 saturated heterocycles. The monoisotopic (exact) mass is 325 g/mol. The van der Waals surface area contributed by atoms with Gasteiger partial charge in [-0.15, -0.1) is 0 Å². The highest BCUT2D eigenvalue weighted by Crippen LogP contribution is 2.26. The SMILES string of the molecule is CN=C(NCCCOC1CCOC1)NCCCC1CCCCC1. The molecule has 0 amide bonds. The van der Waals surface area contributed by atoms with Crippen molar-refractivity contribution >= 4 is 5.96 Å². The molecule has 0 aromatic carbocycles. The van der Waals surface area contributed by atoms with E-state index in [2.05, 4.69) is 15.6 Å². The fourth-order valence-corrected chi connectivity index (χ4v) is 3.47. The Bertz CT molecular complexity index is 324. The predicted molar refractivity (Wildman–Crippen MR) is 95.0 cm³/mol. The number of aliphatic imine (C=N–C) groups is 1. The topological polar surface area (TPSA) is 54.9 Å². The maximum atomic E-state index is 5.76. The standard InChI is InChI=1S/C18H35N3O2/c1-19-18(20-11-5-9-16-7-3-2-4-8-16)21-12-6-13-23-17-10-14-22-15-17/h16-17H,2-15H2,1H3,(H2,19,20,21). The van der Waals surface area contributed by atoms with Gasteiger partial charge in [0.25, 0.3) is 0 Å². The largest absolute Gasteiger partial charge is 0.379 e. The molecule has 2 N–H and O–H groups in total. The van der Waals surface area contributed by atoms with Crippen molar-refractivity contribution in [1.82, 2.24) is 10.6 Å². The van der Waals surface area contributed by atoms with E-state index < -0.39 is 0 Å². The Balaban J connectivity index is 1.43. The lowest BCUT2D eigenvalue weighted by Crippen LogP contribution is -2.38. The van der Waals surface area contributed by atoms with Crippen LogP contribution in [-0.4, -0.2) is 52.0 Å². The van der Waals surface area contributed by atoms with Crippen molar-refractivity contribution in [1.29, 1.82) is 0 Å². The zero-order valence-electron chi connectivity index (χ0n) is 14.8. The third kappa shape index (κ3) is 8.02. The zero-order valence-corrected chi connectivity index (χ0v) is 14.8. The van der Waals surface area contributed by atoms with Gasteiger partial charge >= 0.3 is 0 Å². The Morgan fingerprint density at radius 3 is 2.57 bits per heavy atom. The summed E-state index contributed by atoms with van der Waals surface area (Å²) in [6.45, 7) is 4.32. The number of hydrogen-bond donors (Lipinski definition) is 2. The van der Waals surface area contributed by atoms with Gasteiger partial charge in [0, 0.05) is 33.4 Å². The molecular formula is C18H35N3O2. The molecule has 1 saturated carbocycles. The van der Waals surface area contributed by atoms with Gasteiger partial charge in [-0.25, -0.2) is 0 Å². The normalized spacial score (nSPS) is 23.2. The van der Waals surface area contributed by atoms with Gasteiger partial charge in [0.2, 0.25) is 0 Å². The summed E-state index contributed by atoms with van der Waals surface area (Å²) < 4.78 is 11.1. The smallest absolute Gasteiger partial charge is 0.190 e. The number of ether oxygens (including phenoxy) is 2. The van der Waals surface area contributed by atoms with Crippen LogP contribution >= 0.6 is 0 Å². The summed E-state index contributed by atoms with van der Waals surface area (Å²) in [5.41, 5.74) is 0. The third-order valence-corrected chi connectivity index (χ3v) is 4.88. The van der Waals surface area contributed by atoms with Crippen molar-refractivity contribution in [3.8, 4) is 0 Å². The van der Waals surface area contributed by atoms with E-state index in [4.69, 9.17) is 9.47 Å². The van der Waals surface area contributed by atoms with Crippen LogP contribution in [-0.2, 0) is 9.47 Å². The van der Waals surface area contributed by atoms with Crippen molar-refractivity contribution < 1.29 is 9.47 Å². The van der Waals surface area contributed by atoms with Crippen LogP contribution in [0.25, 0.3) is 0 Å². The van der Waals surface area contributed by atoms with E-state index in [0.29, 0.717) is 6.10 Å². The summed E-state index contributed by atoms with van der Waals surface area (Å²) in [4.78, 5) is 4.28. The van der Waals surface area contributed by atoms with Gasteiger partial charge in [0.15, 0.2) is 5.96 Å². The van der Waals surface area contributed by atoms with Crippen molar-refractivity contribution in [3.05, 3.63) is 0 Å². The van der Waals surface area contributed by atoms with E-state index >= 15 is 0 Å². The van der Waals surface area contributed by atoms with E-state index in [1.54, 1.807) is 0 Å². The highest BCUT2D eigenvalue weighted by Gasteiger charge is 2.15. The fourth-order valence-electron chi connectivity index (χ4n) is 3.47. The van der Waals surface area contributed by atoms with Crippen molar-refractivity contribution in [3.63, 3.8) is 0 Å². The molecule has 23 heavy (non-hydrogen) atoms. The second kappa shape index (κ2) is 11.7. The number of nitrogens with zero attached hydrogens (tertiary/aromatic N) is 1. The molecule has 1 atom stereocenters. The lowest BCUT2D eigenvalue weighted by atomic mass is 9.86. The first kappa shape index (κ1) is 18.5. The maximum Gasteiger partial charge on any atom is 0.190 e. The maximum absolute atomic E-state index is 5.76. The predicted octanol–water partition coefficient (Wildman–Crippen LogP) is 2.71. The van der Waals surface area contributed by atoms with Crippen LogP contribution in [0.5, 0.6) is 0 Å². The Kier molecular flexibility index (Phi) is 9.41. The molecule has 2 aliphatic rings. The van der Waals surface area contributed by atoms with E-state index in [-0.39, 0.29) is 0 Å². The highest BCUT2D eigenvalue weighted by atomic mass is 16.5. The quantitative estimate of drug-likeness (QED) is 0.389. The first-order valence-electron chi connectivity index (χ1n) is 9.52. The molecule has 2 rings (SSSR count). The highest BCUT2D eigenvalue weighted by molar-refractivity contribution is 5.79. The van der Waals surface area contributed by atoms with E-state index in [9.17, 15) is 0 Å². The van der Waals surface area contributed by atoms with Gasteiger partial charge in [0.1, 0.15) is 0 Å². The molecule has 0 aromatic heterocycles. The Morgan fingerprint density at radius 1 is 1.09 bits per heavy atom. The van der Waals surface area contributed by atoms with E-state index in [1.165, 1.54) is 44.9 Å². The zero-order chi connectivity index (χ0) is 16.2.